The van der Waals surface area contributed by atoms with E-state index in [0.717, 1.165) is 32.1 Å². The van der Waals surface area contributed by atoms with E-state index in [4.69, 9.17) is 4.74 Å². The summed E-state index contributed by atoms with van der Waals surface area (Å²) in [6.45, 7) is 1.57. The molecule has 2 N–H and O–H groups in total. The Morgan fingerprint density at radius 2 is 2.00 bits per heavy atom. The fourth-order valence-electron chi connectivity index (χ4n) is 2.51. The van der Waals surface area contributed by atoms with Crippen LogP contribution in [0.2, 0.25) is 0 Å². The topological polar surface area (TPSA) is 49.7 Å². The van der Waals surface area contributed by atoms with Crippen molar-refractivity contribution in [1.82, 2.24) is 0 Å². The summed E-state index contributed by atoms with van der Waals surface area (Å²) in [5, 5.41) is 19.7. The minimum absolute atomic E-state index is 0.273. The van der Waals surface area contributed by atoms with Crippen LogP contribution in [0.5, 0.6) is 5.75 Å². The quantitative estimate of drug-likeness (QED) is 0.829. The number of hydrogen-bond acceptors (Lipinski definition) is 3. The molecule has 0 saturated heterocycles. The molecule has 3 nitrogen and oxygen atoms in total. The predicted molar refractivity (Wildman–Crippen MR) is 70.5 cm³/mol. The lowest BCUT2D eigenvalue weighted by Gasteiger charge is -2.24. The van der Waals surface area contributed by atoms with Crippen LogP contribution >= 0.6 is 0 Å². The van der Waals surface area contributed by atoms with E-state index in [0.29, 0.717) is 11.3 Å². The molecule has 106 valence electrons. The van der Waals surface area contributed by atoms with E-state index in [2.05, 4.69) is 0 Å². The Hall–Kier alpha value is -1.13. The van der Waals surface area contributed by atoms with Gasteiger partial charge in [-0.2, -0.15) is 0 Å². The first kappa shape index (κ1) is 14.3. The maximum atomic E-state index is 13.2. The predicted octanol–water partition coefficient (Wildman–Crippen LogP) is 2.95. The lowest BCUT2D eigenvalue weighted by molar-refractivity contribution is 0.0299. The lowest BCUT2D eigenvalue weighted by atomic mass is 10.1. The molecular weight excluding hydrogens is 247 g/mol. The van der Waals surface area contributed by atoms with Crippen molar-refractivity contribution in [1.29, 1.82) is 0 Å². The SMILES string of the molecule is C[C@@H](O)c1cc(F)ccc1OC1CCCCCC1O. The highest BCUT2D eigenvalue weighted by molar-refractivity contribution is 5.35. The summed E-state index contributed by atoms with van der Waals surface area (Å²) >= 11 is 0. The van der Waals surface area contributed by atoms with Crippen molar-refractivity contribution in [2.75, 3.05) is 0 Å². The fraction of sp³-hybridized carbons (Fsp3) is 0.600. The molecule has 0 heterocycles. The zero-order chi connectivity index (χ0) is 13.8. The van der Waals surface area contributed by atoms with Gasteiger partial charge in [0.2, 0.25) is 0 Å². The number of rotatable bonds is 3. The third kappa shape index (κ3) is 3.67. The first-order chi connectivity index (χ1) is 9.08. The highest BCUT2D eigenvalue weighted by atomic mass is 19.1. The minimum Gasteiger partial charge on any atom is -0.487 e. The van der Waals surface area contributed by atoms with Crippen LogP contribution in [0, 0.1) is 5.82 Å². The van der Waals surface area contributed by atoms with Crippen molar-refractivity contribution in [3.05, 3.63) is 29.6 Å². The van der Waals surface area contributed by atoms with Gasteiger partial charge in [0.05, 0.1) is 12.2 Å². The highest BCUT2D eigenvalue weighted by Crippen LogP contribution is 2.29. The van der Waals surface area contributed by atoms with Gasteiger partial charge in [0.25, 0.3) is 0 Å². The van der Waals surface area contributed by atoms with E-state index in [-0.39, 0.29) is 6.10 Å². The van der Waals surface area contributed by atoms with Gasteiger partial charge in [-0.15, -0.1) is 0 Å². The Morgan fingerprint density at radius 3 is 2.74 bits per heavy atom. The first-order valence-electron chi connectivity index (χ1n) is 6.90. The maximum absolute atomic E-state index is 13.2. The largest absolute Gasteiger partial charge is 0.487 e. The monoisotopic (exact) mass is 268 g/mol. The van der Waals surface area contributed by atoms with Gasteiger partial charge in [-0.3, -0.25) is 0 Å². The van der Waals surface area contributed by atoms with E-state index >= 15 is 0 Å². The molecule has 1 fully saturated rings. The number of halogens is 1. The van der Waals surface area contributed by atoms with E-state index < -0.39 is 18.0 Å². The highest BCUT2D eigenvalue weighted by Gasteiger charge is 2.24. The van der Waals surface area contributed by atoms with Crippen LogP contribution in [0.15, 0.2) is 18.2 Å². The fourth-order valence-corrected chi connectivity index (χ4v) is 2.51. The van der Waals surface area contributed by atoms with Crippen molar-refractivity contribution >= 4 is 0 Å². The van der Waals surface area contributed by atoms with E-state index in [9.17, 15) is 14.6 Å². The van der Waals surface area contributed by atoms with Gasteiger partial charge in [0, 0.05) is 5.56 Å². The van der Waals surface area contributed by atoms with Gasteiger partial charge in [0.15, 0.2) is 0 Å². The normalized spacial score (nSPS) is 25.7. The number of hydrogen-bond donors (Lipinski definition) is 2. The van der Waals surface area contributed by atoms with Gasteiger partial charge < -0.3 is 14.9 Å². The van der Waals surface area contributed by atoms with Crippen LogP contribution in [0.25, 0.3) is 0 Å². The van der Waals surface area contributed by atoms with Crippen LogP contribution in [-0.2, 0) is 0 Å². The second-order valence-corrected chi connectivity index (χ2v) is 5.22. The van der Waals surface area contributed by atoms with Crippen molar-refractivity contribution in [2.24, 2.45) is 0 Å². The molecule has 1 saturated carbocycles. The molecule has 0 radical (unpaired) electrons. The Kier molecular flexibility index (Phi) is 4.77. The number of benzene rings is 1. The van der Waals surface area contributed by atoms with E-state index in [1.807, 2.05) is 0 Å². The van der Waals surface area contributed by atoms with E-state index in [1.165, 1.54) is 18.2 Å². The Balaban J connectivity index is 2.17. The van der Waals surface area contributed by atoms with Gasteiger partial charge in [0.1, 0.15) is 17.7 Å². The third-order valence-electron chi connectivity index (χ3n) is 3.62. The molecular formula is C15H21FO3. The summed E-state index contributed by atoms with van der Waals surface area (Å²) in [5.74, 6) is 0.0621. The average molecular weight is 268 g/mol. The smallest absolute Gasteiger partial charge is 0.125 e. The molecule has 2 unspecified atom stereocenters. The summed E-state index contributed by atoms with van der Waals surface area (Å²) in [5.41, 5.74) is 0.427. The zero-order valence-corrected chi connectivity index (χ0v) is 11.2. The summed E-state index contributed by atoms with van der Waals surface area (Å²) in [7, 11) is 0. The Labute approximate surface area is 113 Å². The Bertz CT molecular complexity index is 420. The number of ether oxygens (including phenoxy) is 1. The van der Waals surface area contributed by atoms with E-state index in [1.54, 1.807) is 6.92 Å². The minimum atomic E-state index is -0.798. The summed E-state index contributed by atoms with van der Waals surface area (Å²) in [6, 6.07) is 4.11. The molecule has 3 atom stereocenters. The van der Waals surface area contributed by atoms with Crippen LogP contribution in [0.4, 0.5) is 4.39 Å². The molecule has 2 rings (SSSR count). The van der Waals surface area contributed by atoms with Crippen LogP contribution in [0.1, 0.15) is 50.7 Å². The summed E-state index contributed by atoms with van der Waals surface area (Å²) < 4.78 is 19.0. The third-order valence-corrected chi connectivity index (χ3v) is 3.62. The molecule has 1 aliphatic rings. The molecule has 0 bridgehead atoms. The number of aliphatic hydroxyl groups excluding tert-OH is 2. The molecule has 0 amide bonds. The molecule has 1 aromatic rings. The molecule has 19 heavy (non-hydrogen) atoms. The van der Waals surface area contributed by atoms with Crippen molar-refractivity contribution in [3.8, 4) is 5.75 Å². The van der Waals surface area contributed by atoms with Crippen LogP contribution in [-0.4, -0.2) is 22.4 Å². The number of aliphatic hydroxyl groups is 2. The van der Waals surface area contributed by atoms with Crippen molar-refractivity contribution in [3.63, 3.8) is 0 Å². The molecule has 0 aliphatic heterocycles. The Morgan fingerprint density at radius 1 is 1.26 bits per heavy atom. The van der Waals surface area contributed by atoms with Gasteiger partial charge in [-0.1, -0.05) is 12.8 Å². The molecule has 1 aliphatic carbocycles. The second-order valence-electron chi connectivity index (χ2n) is 5.22. The van der Waals surface area contributed by atoms with Gasteiger partial charge in [-0.05, 0) is 44.4 Å². The summed E-state index contributed by atoms with van der Waals surface area (Å²) in [6.07, 6.45) is 3.09. The summed E-state index contributed by atoms with van der Waals surface area (Å²) in [4.78, 5) is 0. The van der Waals surface area contributed by atoms with Crippen LogP contribution in [0.3, 0.4) is 0 Å². The van der Waals surface area contributed by atoms with Gasteiger partial charge in [-0.25, -0.2) is 4.39 Å². The molecule has 1 aromatic carbocycles. The second kappa shape index (κ2) is 6.35. The average Bonchev–Trinajstić information content (AvgIpc) is 2.57. The van der Waals surface area contributed by atoms with Crippen LogP contribution < -0.4 is 4.74 Å². The maximum Gasteiger partial charge on any atom is 0.125 e. The molecule has 0 spiro atoms. The standard InChI is InChI=1S/C15H21FO3/c1-10(17)12-9-11(16)7-8-14(12)19-15-6-4-2-3-5-13(15)18/h7-10,13,15,17-18H,2-6H2,1H3/t10-,13?,15?/m1/s1. The molecule has 4 heteroatoms. The van der Waals surface area contributed by atoms with Gasteiger partial charge >= 0.3 is 0 Å². The zero-order valence-electron chi connectivity index (χ0n) is 11.2. The lowest BCUT2D eigenvalue weighted by Crippen LogP contribution is -2.30. The first-order valence-corrected chi connectivity index (χ1v) is 6.90. The van der Waals surface area contributed by atoms with Crippen molar-refractivity contribution < 1.29 is 19.3 Å². The molecule has 0 aromatic heterocycles. The van der Waals surface area contributed by atoms with Crippen molar-refractivity contribution in [2.45, 2.75) is 57.3 Å².